The van der Waals surface area contributed by atoms with Gasteiger partial charge in [-0.1, -0.05) is 26.2 Å². The Morgan fingerprint density at radius 2 is 1.43 bits per heavy atom. The number of hydrogen-bond donors (Lipinski definition) is 0. The smallest absolute Gasteiger partial charge is 0.428 e. The van der Waals surface area contributed by atoms with E-state index >= 15 is 0 Å². The second-order valence-corrected chi connectivity index (χ2v) is 6.51. The number of rotatable bonds is 4. The van der Waals surface area contributed by atoms with Gasteiger partial charge in [0.1, 0.15) is 0 Å². The van der Waals surface area contributed by atoms with Gasteiger partial charge in [0.15, 0.2) is 5.41 Å². The minimum Gasteiger partial charge on any atom is -0.449 e. The molecule has 0 N–H and O–H groups in total. The average Bonchev–Trinajstić information content (AvgIpc) is 2.44. The quantitative estimate of drug-likeness (QED) is 0.502. The van der Waals surface area contributed by atoms with Gasteiger partial charge in [-0.3, -0.25) is 4.79 Å². The maximum Gasteiger partial charge on any atom is 0.428 e. The predicted molar refractivity (Wildman–Crippen MR) is 71.6 cm³/mol. The standard InChI is InChI=1S/C15H22F6O2/c1-4-12(2,14(16,17)18)11(22)23-13(3,15(19,20)21)10-8-6-5-7-9-10/h10H,4-9H2,1-3H3. The van der Waals surface area contributed by atoms with Gasteiger partial charge in [-0.15, -0.1) is 0 Å². The summed E-state index contributed by atoms with van der Waals surface area (Å²) >= 11 is 0. The third-order valence-corrected chi connectivity index (χ3v) is 5.04. The number of carbonyl (C=O) groups excluding carboxylic acids is 1. The minimum atomic E-state index is -4.97. The Labute approximate surface area is 131 Å². The molecule has 1 aliphatic carbocycles. The fourth-order valence-corrected chi connectivity index (χ4v) is 2.79. The van der Waals surface area contributed by atoms with Crippen molar-refractivity contribution in [2.24, 2.45) is 11.3 Å². The molecule has 8 heteroatoms. The summed E-state index contributed by atoms with van der Waals surface area (Å²) in [5.41, 5.74) is -5.85. The third kappa shape index (κ3) is 3.76. The first-order chi connectivity index (χ1) is 10.3. The molecule has 0 amide bonds. The molecule has 136 valence electrons. The highest BCUT2D eigenvalue weighted by Gasteiger charge is 2.63. The van der Waals surface area contributed by atoms with Crippen LogP contribution in [0.2, 0.25) is 0 Å². The lowest BCUT2D eigenvalue weighted by Crippen LogP contribution is -2.56. The molecule has 1 fully saturated rings. The number of carbonyl (C=O) groups is 1. The van der Waals surface area contributed by atoms with E-state index in [0.717, 1.165) is 13.3 Å². The summed E-state index contributed by atoms with van der Waals surface area (Å²) in [4.78, 5) is 12.0. The summed E-state index contributed by atoms with van der Waals surface area (Å²) in [5, 5.41) is 0. The van der Waals surface area contributed by atoms with E-state index in [-0.39, 0.29) is 12.8 Å². The topological polar surface area (TPSA) is 26.3 Å². The van der Waals surface area contributed by atoms with E-state index in [9.17, 15) is 31.1 Å². The van der Waals surface area contributed by atoms with E-state index in [1.807, 2.05) is 0 Å². The van der Waals surface area contributed by atoms with Crippen molar-refractivity contribution in [2.45, 2.75) is 77.2 Å². The van der Waals surface area contributed by atoms with Crippen LogP contribution in [0.25, 0.3) is 0 Å². The lowest BCUT2D eigenvalue weighted by Gasteiger charge is -2.42. The molecular weight excluding hydrogens is 326 g/mol. The molecule has 0 aromatic carbocycles. The third-order valence-electron chi connectivity index (χ3n) is 5.04. The molecule has 1 rings (SSSR count). The zero-order chi connectivity index (χ0) is 18.1. The van der Waals surface area contributed by atoms with Gasteiger partial charge in [-0.2, -0.15) is 26.3 Å². The maximum atomic E-state index is 13.5. The van der Waals surface area contributed by atoms with Crippen molar-refractivity contribution in [1.29, 1.82) is 0 Å². The van der Waals surface area contributed by atoms with Gasteiger partial charge in [0.25, 0.3) is 0 Å². The summed E-state index contributed by atoms with van der Waals surface area (Å²) in [6.07, 6.45) is -8.38. The molecule has 2 unspecified atom stereocenters. The van der Waals surface area contributed by atoms with Crippen molar-refractivity contribution >= 4 is 5.97 Å². The normalized spacial score (nSPS) is 23.0. The number of esters is 1. The summed E-state index contributed by atoms with van der Waals surface area (Å²) in [6, 6.07) is 0. The van der Waals surface area contributed by atoms with Crippen molar-refractivity contribution in [3.05, 3.63) is 0 Å². The number of halogens is 6. The Morgan fingerprint density at radius 1 is 0.957 bits per heavy atom. The summed E-state index contributed by atoms with van der Waals surface area (Å²) in [7, 11) is 0. The molecule has 2 atom stereocenters. The molecule has 1 saturated carbocycles. The lowest BCUT2D eigenvalue weighted by molar-refractivity contribution is -0.298. The average molecular weight is 348 g/mol. The van der Waals surface area contributed by atoms with Crippen LogP contribution in [-0.2, 0) is 9.53 Å². The summed E-state index contributed by atoms with van der Waals surface area (Å²) in [5.74, 6) is -2.88. The SMILES string of the molecule is CCC(C)(C(=O)OC(C)(C1CCCCC1)C(F)(F)F)C(F)(F)F. The van der Waals surface area contributed by atoms with Crippen LogP contribution in [-0.4, -0.2) is 23.9 Å². The molecule has 0 saturated heterocycles. The van der Waals surface area contributed by atoms with Crippen LogP contribution < -0.4 is 0 Å². The van der Waals surface area contributed by atoms with E-state index in [1.54, 1.807) is 0 Å². The highest BCUT2D eigenvalue weighted by molar-refractivity contribution is 5.78. The molecule has 23 heavy (non-hydrogen) atoms. The Hall–Kier alpha value is -0.950. The molecule has 0 aromatic heterocycles. The van der Waals surface area contributed by atoms with E-state index in [0.29, 0.717) is 26.7 Å². The highest BCUT2D eigenvalue weighted by atomic mass is 19.4. The molecule has 0 aliphatic heterocycles. The van der Waals surface area contributed by atoms with Crippen molar-refractivity contribution in [3.8, 4) is 0 Å². The second kappa shape index (κ2) is 6.51. The molecule has 2 nitrogen and oxygen atoms in total. The minimum absolute atomic E-state index is 0.179. The van der Waals surface area contributed by atoms with Crippen molar-refractivity contribution in [3.63, 3.8) is 0 Å². The first kappa shape index (κ1) is 20.1. The van der Waals surface area contributed by atoms with E-state index in [1.165, 1.54) is 0 Å². The second-order valence-electron chi connectivity index (χ2n) is 6.51. The van der Waals surface area contributed by atoms with Crippen LogP contribution in [0.4, 0.5) is 26.3 Å². The maximum absolute atomic E-state index is 13.5. The van der Waals surface area contributed by atoms with Crippen LogP contribution in [0.1, 0.15) is 59.3 Å². The van der Waals surface area contributed by atoms with Gasteiger partial charge in [-0.25, -0.2) is 0 Å². The van der Waals surface area contributed by atoms with Crippen molar-refractivity contribution in [1.82, 2.24) is 0 Å². The number of hydrogen-bond acceptors (Lipinski definition) is 2. The van der Waals surface area contributed by atoms with Gasteiger partial charge in [0.05, 0.1) is 0 Å². The molecule has 0 radical (unpaired) electrons. The summed E-state index contributed by atoms with van der Waals surface area (Å²) in [6.45, 7) is 2.36. The Kier molecular flexibility index (Phi) is 5.69. The van der Waals surface area contributed by atoms with Crippen LogP contribution in [0, 0.1) is 11.3 Å². The van der Waals surface area contributed by atoms with Crippen LogP contribution in [0.5, 0.6) is 0 Å². The van der Waals surface area contributed by atoms with Gasteiger partial charge >= 0.3 is 18.3 Å². The van der Waals surface area contributed by atoms with E-state index < -0.39 is 41.7 Å². The van der Waals surface area contributed by atoms with Gasteiger partial charge in [0, 0.05) is 5.92 Å². The monoisotopic (exact) mass is 348 g/mol. The molecule has 0 aromatic rings. The molecule has 1 aliphatic rings. The number of ether oxygens (including phenoxy) is 1. The van der Waals surface area contributed by atoms with Crippen LogP contribution in [0.15, 0.2) is 0 Å². The fraction of sp³-hybridized carbons (Fsp3) is 0.933. The molecule has 0 bridgehead atoms. The molecular formula is C15H22F6O2. The van der Waals surface area contributed by atoms with Crippen LogP contribution in [0.3, 0.4) is 0 Å². The van der Waals surface area contributed by atoms with Gasteiger partial charge < -0.3 is 4.74 Å². The van der Waals surface area contributed by atoms with E-state index in [2.05, 4.69) is 4.74 Å². The molecule has 0 heterocycles. The van der Waals surface area contributed by atoms with Gasteiger partial charge in [0.2, 0.25) is 5.60 Å². The zero-order valence-electron chi connectivity index (χ0n) is 13.4. The largest absolute Gasteiger partial charge is 0.449 e. The van der Waals surface area contributed by atoms with Crippen LogP contribution >= 0.6 is 0 Å². The Bertz CT molecular complexity index is 425. The van der Waals surface area contributed by atoms with Crippen molar-refractivity contribution < 1.29 is 35.9 Å². The lowest BCUT2D eigenvalue weighted by atomic mass is 9.76. The fourth-order valence-electron chi connectivity index (χ4n) is 2.79. The summed E-state index contributed by atoms with van der Waals surface area (Å²) < 4.78 is 84.2. The molecule has 0 spiro atoms. The van der Waals surface area contributed by atoms with Gasteiger partial charge in [-0.05, 0) is 33.1 Å². The Morgan fingerprint density at radius 3 is 1.78 bits per heavy atom. The van der Waals surface area contributed by atoms with E-state index in [4.69, 9.17) is 0 Å². The van der Waals surface area contributed by atoms with Crippen molar-refractivity contribution in [2.75, 3.05) is 0 Å². The zero-order valence-corrected chi connectivity index (χ0v) is 13.4. The predicted octanol–water partition coefficient (Wildman–Crippen LogP) is 5.41. The number of alkyl halides is 6. The first-order valence-electron chi connectivity index (χ1n) is 7.66. The first-order valence-corrected chi connectivity index (χ1v) is 7.66. The Balaban J connectivity index is 3.13. The highest BCUT2D eigenvalue weighted by Crippen LogP contribution is 2.48.